The van der Waals surface area contributed by atoms with Gasteiger partial charge in [-0.2, -0.15) is 0 Å². The molecule has 1 aromatic heterocycles. The number of carbonyl (C=O) groups excluding carboxylic acids is 1. The lowest BCUT2D eigenvalue weighted by Gasteiger charge is -2.11. The molecule has 112 valence electrons. The summed E-state index contributed by atoms with van der Waals surface area (Å²) >= 11 is 3.25. The molecule has 0 aliphatic rings. The van der Waals surface area contributed by atoms with E-state index in [1.54, 1.807) is 10.7 Å². The Morgan fingerprint density at radius 3 is 2.71 bits per heavy atom. The Labute approximate surface area is 130 Å². The molecule has 0 unspecified atom stereocenters. The fourth-order valence-electron chi connectivity index (χ4n) is 2.13. The highest BCUT2D eigenvalue weighted by Crippen LogP contribution is 2.21. The van der Waals surface area contributed by atoms with E-state index in [0.29, 0.717) is 16.7 Å². The summed E-state index contributed by atoms with van der Waals surface area (Å²) in [4.78, 5) is 11.7. The summed E-state index contributed by atoms with van der Waals surface area (Å²) in [5, 5.41) is 7.87. The zero-order valence-corrected chi connectivity index (χ0v) is 13.5. The molecule has 0 fully saturated rings. The SMILES string of the molecule is COC(=O)c1nnn(Cc2cc(F)cc(Br)c2)c1C(C)C. The molecule has 5 nitrogen and oxygen atoms in total. The number of esters is 1. The van der Waals surface area contributed by atoms with Crippen LogP contribution in [-0.2, 0) is 11.3 Å². The van der Waals surface area contributed by atoms with Crippen molar-refractivity contribution in [3.05, 3.63) is 45.4 Å². The van der Waals surface area contributed by atoms with Crippen molar-refractivity contribution in [2.75, 3.05) is 7.11 Å². The van der Waals surface area contributed by atoms with Crippen molar-refractivity contribution in [2.45, 2.75) is 26.3 Å². The van der Waals surface area contributed by atoms with Crippen LogP contribution in [0.5, 0.6) is 0 Å². The third kappa shape index (κ3) is 3.47. The predicted molar refractivity (Wildman–Crippen MR) is 78.7 cm³/mol. The normalized spacial score (nSPS) is 11.0. The monoisotopic (exact) mass is 355 g/mol. The van der Waals surface area contributed by atoms with Crippen LogP contribution in [0, 0.1) is 5.82 Å². The van der Waals surface area contributed by atoms with E-state index in [4.69, 9.17) is 4.74 Å². The Balaban J connectivity index is 2.40. The van der Waals surface area contributed by atoms with Crippen molar-refractivity contribution in [3.8, 4) is 0 Å². The van der Waals surface area contributed by atoms with Crippen LogP contribution in [0.2, 0.25) is 0 Å². The van der Waals surface area contributed by atoms with Crippen molar-refractivity contribution in [2.24, 2.45) is 0 Å². The van der Waals surface area contributed by atoms with Gasteiger partial charge in [0, 0.05) is 4.47 Å². The van der Waals surface area contributed by atoms with Crippen LogP contribution in [0.15, 0.2) is 22.7 Å². The summed E-state index contributed by atoms with van der Waals surface area (Å²) in [6, 6.07) is 4.61. The smallest absolute Gasteiger partial charge is 0.360 e. The topological polar surface area (TPSA) is 57.0 Å². The van der Waals surface area contributed by atoms with Gasteiger partial charge in [0.15, 0.2) is 5.69 Å². The first-order valence-corrected chi connectivity index (χ1v) is 7.18. The van der Waals surface area contributed by atoms with Gasteiger partial charge in [-0.1, -0.05) is 35.0 Å². The maximum Gasteiger partial charge on any atom is 0.360 e. The number of hydrogen-bond donors (Lipinski definition) is 0. The molecule has 0 saturated heterocycles. The lowest BCUT2D eigenvalue weighted by Crippen LogP contribution is -2.12. The highest BCUT2D eigenvalue weighted by atomic mass is 79.9. The van der Waals surface area contributed by atoms with Gasteiger partial charge in [-0.15, -0.1) is 5.10 Å². The van der Waals surface area contributed by atoms with Gasteiger partial charge >= 0.3 is 5.97 Å². The molecule has 0 atom stereocenters. The molecule has 0 spiro atoms. The minimum Gasteiger partial charge on any atom is -0.464 e. The van der Waals surface area contributed by atoms with Crippen LogP contribution in [-0.4, -0.2) is 28.1 Å². The van der Waals surface area contributed by atoms with Crippen LogP contribution in [0.1, 0.15) is 41.5 Å². The molecule has 0 saturated carbocycles. The molecule has 0 aliphatic carbocycles. The summed E-state index contributed by atoms with van der Waals surface area (Å²) in [7, 11) is 1.30. The van der Waals surface area contributed by atoms with Gasteiger partial charge in [0.1, 0.15) is 5.82 Å². The molecular formula is C14H15BrFN3O2. The van der Waals surface area contributed by atoms with Crippen molar-refractivity contribution >= 4 is 21.9 Å². The summed E-state index contributed by atoms with van der Waals surface area (Å²) in [5.41, 5.74) is 1.59. The minimum atomic E-state index is -0.523. The van der Waals surface area contributed by atoms with E-state index in [1.165, 1.54) is 19.2 Å². The molecule has 2 rings (SSSR count). The molecule has 7 heteroatoms. The van der Waals surface area contributed by atoms with E-state index < -0.39 is 5.97 Å². The number of methoxy groups -OCH3 is 1. The number of rotatable bonds is 4. The Bertz CT molecular complexity index is 650. The van der Waals surface area contributed by atoms with Crippen molar-refractivity contribution in [3.63, 3.8) is 0 Å². The molecule has 1 aromatic carbocycles. The zero-order valence-electron chi connectivity index (χ0n) is 11.9. The molecule has 21 heavy (non-hydrogen) atoms. The molecular weight excluding hydrogens is 341 g/mol. The van der Waals surface area contributed by atoms with Gasteiger partial charge in [0.25, 0.3) is 0 Å². The maximum atomic E-state index is 13.4. The predicted octanol–water partition coefficient (Wildman–Crippen LogP) is 3.14. The van der Waals surface area contributed by atoms with Crippen LogP contribution < -0.4 is 0 Å². The largest absolute Gasteiger partial charge is 0.464 e. The van der Waals surface area contributed by atoms with Crippen LogP contribution >= 0.6 is 15.9 Å². The molecule has 0 amide bonds. The van der Waals surface area contributed by atoms with Gasteiger partial charge in [-0.05, 0) is 29.7 Å². The van der Waals surface area contributed by atoms with Gasteiger partial charge in [-0.3, -0.25) is 0 Å². The third-order valence-corrected chi connectivity index (χ3v) is 3.41. The molecule has 0 aliphatic heterocycles. The molecule has 0 N–H and O–H groups in total. The highest BCUT2D eigenvalue weighted by molar-refractivity contribution is 9.10. The lowest BCUT2D eigenvalue weighted by molar-refractivity contribution is 0.0592. The maximum absolute atomic E-state index is 13.4. The number of nitrogens with zero attached hydrogens (tertiary/aromatic N) is 3. The lowest BCUT2D eigenvalue weighted by atomic mass is 10.1. The number of hydrogen-bond acceptors (Lipinski definition) is 4. The number of ether oxygens (including phenoxy) is 1. The average Bonchev–Trinajstić information content (AvgIpc) is 2.80. The van der Waals surface area contributed by atoms with Gasteiger partial charge < -0.3 is 4.74 Å². The van der Waals surface area contributed by atoms with Crippen LogP contribution in [0.25, 0.3) is 0 Å². The Hall–Kier alpha value is -1.76. The number of aromatic nitrogens is 3. The van der Waals surface area contributed by atoms with E-state index in [-0.39, 0.29) is 17.4 Å². The van der Waals surface area contributed by atoms with E-state index >= 15 is 0 Å². The van der Waals surface area contributed by atoms with E-state index in [2.05, 4.69) is 26.2 Å². The summed E-state index contributed by atoms with van der Waals surface area (Å²) in [5.74, 6) is -0.824. The second-order valence-electron chi connectivity index (χ2n) is 4.90. The number of benzene rings is 1. The summed E-state index contributed by atoms with van der Waals surface area (Å²) in [6.07, 6.45) is 0. The second-order valence-corrected chi connectivity index (χ2v) is 5.82. The van der Waals surface area contributed by atoms with E-state index in [0.717, 1.165) is 5.56 Å². The van der Waals surface area contributed by atoms with Crippen molar-refractivity contribution < 1.29 is 13.9 Å². The van der Waals surface area contributed by atoms with E-state index in [1.807, 2.05) is 13.8 Å². The third-order valence-electron chi connectivity index (χ3n) is 2.95. The highest BCUT2D eigenvalue weighted by Gasteiger charge is 2.22. The Morgan fingerprint density at radius 1 is 1.43 bits per heavy atom. The zero-order chi connectivity index (χ0) is 15.6. The quantitative estimate of drug-likeness (QED) is 0.790. The summed E-state index contributed by atoms with van der Waals surface area (Å²) < 4.78 is 20.4. The number of carbonyl (C=O) groups is 1. The minimum absolute atomic E-state index is 0.0334. The molecule has 0 radical (unpaired) electrons. The van der Waals surface area contributed by atoms with Crippen molar-refractivity contribution in [1.29, 1.82) is 0 Å². The van der Waals surface area contributed by atoms with Gasteiger partial charge in [-0.25, -0.2) is 13.9 Å². The Kier molecular flexibility index (Phi) is 4.72. The Morgan fingerprint density at radius 2 is 2.14 bits per heavy atom. The average molecular weight is 356 g/mol. The molecule has 0 bridgehead atoms. The van der Waals surface area contributed by atoms with Gasteiger partial charge in [0.2, 0.25) is 0 Å². The standard InChI is InChI=1S/C14H15BrFN3O2/c1-8(2)13-12(14(20)21-3)17-18-19(13)7-9-4-10(15)6-11(16)5-9/h4-6,8H,7H2,1-3H3. The number of halogens is 2. The summed E-state index contributed by atoms with van der Waals surface area (Å²) in [6.45, 7) is 4.19. The fraction of sp³-hybridized carbons (Fsp3) is 0.357. The molecule has 1 heterocycles. The first-order valence-electron chi connectivity index (χ1n) is 6.39. The van der Waals surface area contributed by atoms with Crippen molar-refractivity contribution in [1.82, 2.24) is 15.0 Å². The second kappa shape index (κ2) is 6.34. The van der Waals surface area contributed by atoms with Crippen LogP contribution in [0.4, 0.5) is 4.39 Å². The first-order chi connectivity index (χ1) is 9.92. The molecule has 2 aromatic rings. The van der Waals surface area contributed by atoms with Gasteiger partial charge in [0.05, 0.1) is 19.3 Å². The van der Waals surface area contributed by atoms with Crippen LogP contribution in [0.3, 0.4) is 0 Å². The fourth-order valence-corrected chi connectivity index (χ4v) is 2.64. The van der Waals surface area contributed by atoms with E-state index in [9.17, 15) is 9.18 Å². The first kappa shape index (κ1) is 15.6.